The first kappa shape index (κ1) is 17.1. The van der Waals surface area contributed by atoms with Gasteiger partial charge in [0.2, 0.25) is 6.04 Å². The van der Waals surface area contributed by atoms with Gasteiger partial charge < -0.3 is 9.15 Å². The van der Waals surface area contributed by atoms with Crippen LogP contribution in [-0.2, 0) is 16.1 Å². The van der Waals surface area contributed by atoms with Crippen molar-refractivity contribution in [3.63, 3.8) is 0 Å². The molecule has 1 aliphatic rings. The van der Waals surface area contributed by atoms with Crippen LogP contribution in [0.15, 0.2) is 64.8 Å². The number of hydrogen-bond donors (Lipinski definition) is 0. The van der Waals surface area contributed by atoms with Gasteiger partial charge >= 0.3 is 0 Å². The Labute approximate surface area is 145 Å². The van der Waals surface area contributed by atoms with Crippen molar-refractivity contribution in [1.29, 1.82) is 0 Å². The predicted molar refractivity (Wildman–Crippen MR) is 90.6 cm³/mol. The van der Waals surface area contributed by atoms with Crippen molar-refractivity contribution in [2.45, 2.75) is 25.0 Å². The van der Waals surface area contributed by atoms with Crippen LogP contribution in [0.4, 0.5) is 0 Å². The van der Waals surface area contributed by atoms with Crippen LogP contribution in [0.2, 0.25) is 0 Å². The molecule has 0 bridgehead atoms. The second kappa shape index (κ2) is 7.90. The highest BCUT2D eigenvalue weighted by Crippen LogP contribution is 2.38. The van der Waals surface area contributed by atoms with Gasteiger partial charge in [-0.05, 0) is 23.3 Å². The summed E-state index contributed by atoms with van der Waals surface area (Å²) < 4.78 is 11.2. The second-order valence-electron chi connectivity index (χ2n) is 6.12. The first-order valence-corrected chi connectivity index (χ1v) is 8.13. The summed E-state index contributed by atoms with van der Waals surface area (Å²) in [6, 6.07) is 12.3. The van der Waals surface area contributed by atoms with Crippen molar-refractivity contribution in [2.75, 3.05) is 6.61 Å². The van der Waals surface area contributed by atoms with Crippen molar-refractivity contribution in [3.05, 3.63) is 81.8 Å². The third-order valence-corrected chi connectivity index (χ3v) is 4.46. The summed E-state index contributed by atoms with van der Waals surface area (Å²) in [5, 5.41) is 11.5. The quantitative estimate of drug-likeness (QED) is 0.438. The van der Waals surface area contributed by atoms with Crippen LogP contribution >= 0.6 is 0 Å². The SMILES string of the molecule is O=CC1=C[C@H](COCc2ccccc2)[C@@H](c2ccco2)[C@@H]([N+](=O)[O-])C1. The zero-order valence-electron chi connectivity index (χ0n) is 13.6. The molecule has 0 spiro atoms. The second-order valence-corrected chi connectivity index (χ2v) is 6.12. The molecule has 6 heteroatoms. The average Bonchev–Trinajstić information content (AvgIpc) is 3.16. The Balaban J connectivity index is 1.79. The average molecular weight is 341 g/mol. The van der Waals surface area contributed by atoms with E-state index in [4.69, 9.17) is 9.15 Å². The van der Waals surface area contributed by atoms with E-state index in [0.717, 1.165) is 5.56 Å². The molecular formula is C19H19NO5. The summed E-state index contributed by atoms with van der Waals surface area (Å²) >= 11 is 0. The van der Waals surface area contributed by atoms with E-state index in [1.54, 1.807) is 18.2 Å². The fourth-order valence-corrected chi connectivity index (χ4v) is 3.31. The van der Waals surface area contributed by atoms with Gasteiger partial charge in [0, 0.05) is 17.3 Å². The summed E-state index contributed by atoms with van der Waals surface area (Å²) in [6.07, 6.45) is 4.09. The predicted octanol–water partition coefficient (Wildman–Crippen LogP) is 3.37. The van der Waals surface area contributed by atoms with E-state index >= 15 is 0 Å². The van der Waals surface area contributed by atoms with E-state index in [2.05, 4.69) is 0 Å². The minimum Gasteiger partial charge on any atom is -0.469 e. The highest BCUT2D eigenvalue weighted by Gasteiger charge is 2.43. The molecule has 0 radical (unpaired) electrons. The lowest BCUT2D eigenvalue weighted by Gasteiger charge is -2.30. The van der Waals surface area contributed by atoms with Crippen LogP contribution in [0.3, 0.4) is 0 Å². The maximum absolute atomic E-state index is 11.5. The molecule has 0 saturated carbocycles. The molecule has 1 aliphatic carbocycles. The third-order valence-electron chi connectivity index (χ3n) is 4.46. The van der Waals surface area contributed by atoms with Gasteiger partial charge in [-0.25, -0.2) is 0 Å². The molecule has 25 heavy (non-hydrogen) atoms. The van der Waals surface area contributed by atoms with Gasteiger partial charge in [-0.3, -0.25) is 14.9 Å². The fraction of sp³-hybridized carbons (Fsp3) is 0.316. The van der Waals surface area contributed by atoms with Crippen LogP contribution in [-0.4, -0.2) is 23.9 Å². The third kappa shape index (κ3) is 4.03. The maximum Gasteiger partial charge on any atom is 0.227 e. The molecule has 1 aromatic heterocycles. The standard InChI is InChI=1S/C19H19NO5/c21-11-15-9-16(13-24-12-14-5-2-1-3-6-14)19(17(10-15)20(22)23)18-7-4-8-25-18/h1-9,11,16-17,19H,10,12-13H2/t16-,17+,19-/m1/s1. The maximum atomic E-state index is 11.5. The van der Waals surface area contributed by atoms with Gasteiger partial charge in [0.25, 0.3) is 0 Å². The summed E-state index contributed by atoms with van der Waals surface area (Å²) in [5.41, 5.74) is 1.47. The number of hydrogen-bond acceptors (Lipinski definition) is 5. The van der Waals surface area contributed by atoms with E-state index in [9.17, 15) is 14.9 Å². The molecule has 6 nitrogen and oxygen atoms in total. The summed E-state index contributed by atoms with van der Waals surface area (Å²) in [6.45, 7) is 0.692. The summed E-state index contributed by atoms with van der Waals surface area (Å²) in [5.74, 6) is -0.195. The number of carbonyl (C=O) groups excluding carboxylic acids is 1. The molecule has 0 fully saturated rings. The van der Waals surface area contributed by atoms with E-state index in [1.165, 1.54) is 6.26 Å². The fourth-order valence-electron chi connectivity index (χ4n) is 3.31. The zero-order chi connectivity index (χ0) is 17.6. The minimum absolute atomic E-state index is 0.108. The Morgan fingerprint density at radius 3 is 2.68 bits per heavy atom. The monoisotopic (exact) mass is 341 g/mol. The van der Waals surface area contributed by atoms with Gasteiger partial charge in [-0.1, -0.05) is 36.4 Å². The molecule has 130 valence electrons. The normalized spacial score (nSPS) is 23.0. The van der Waals surface area contributed by atoms with Crippen LogP contribution in [0, 0.1) is 16.0 Å². The van der Waals surface area contributed by atoms with Crippen LogP contribution in [0.5, 0.6) is 0 Å². The van der Waals surface area contributed by atoms with E-state index < -0.39 is 12.0 Å². The molecule has 0 N–H and O–H groups in total. The topological polar surface area (TPSA) is 82.6 Å². The number of benzene rings is 1. The van der Waals surface area contributed by atoms with Crippen LogP contribution < -0.4 is 0 Å². The molecule has 3 atom stereocenters. The Morgan fingerprint density at radius 1 is 1.24 bits per heavy atom. The summed E-state index contributed by atoms with van der Waals surface area (Å²) in [4.78, 5) is 22.4. The number of aldehydes is 1. The van der Waals surface area contributed by atoms with Crippen molar-refractivity contribution >= 4 is 6.29 Å². The molecule has 0 aliphatic heterocycles. The molecule has 0 saturated heterocycles. The highest BCUT2D eigenvalue weighted by molar-refractivity contribution is 5.73. The Bertz CT molecular complexity index is 738. The van der Waals surface area contributed by atoms with Gasteiger partial charge in [-0.2, -0.15) is 0 Å². The molecule has 2 aromatic rings. The lowest BCUT2D eigenvalue weighted by molar-refractivity contribution is -0.529. The van der Waals surface area contributed by atoms with Gasteiger partial charge in [-0.15, -0.1) is 0 Å². The van der Waals surface area contributed by atoms with Gasteiger partial charge in [0.15, 0.2) is 0 Å². The van der Waals surface area contributed by atoms with Gasteiger partial charge in [0.1, 0.15) is 12.0 Å². The van der Waals surface area contributed by atoms with E-state index in [-0.39, 0.29) is 23.9 Å². The van der Waals surface area contributed by atoms with Crippen molar-refractivity contribution in [2.24, 2.45) is 5.92 Å². The number of nitrogens with zero attached hydrogens (tertiary/aromatic N) is 1. The zero-order valence-corrected chi connectivity index (χ0v) is 13.6. The smallest absolute Gasteiger partial charge is 0.227 e. The highest BCUT2D eigenvalue weighted by atomic mass is 16.6. The molecule has 0 unspecified atom stereocenters. The first-order chi connectivity index (χ1) is 12.2. The summed E-state index contributed by atoms with van der Waals surface area (Å²) in [7, 11) is 0. The molecule has 3 rings (SSSR count). The molecule has 0 amide bonds. The molecule has 1 aromatic carbocycles. The number of nitro groups is 1. The lowest BCUT2D eigenvalue weighted by Crippen LogP contribution is -2.37. The number of furan rings is 1. The number of carbonyl (C=O) groups is 1. The van der Waals surface area contributed by atoms with Crippen molar-refractivity contribution in [1.82, 2.24) is 0 Å². The Kier molecular flexibility index (Phi) is 5.40. The van der Waals surface area contributed by atoms with Crippen LogP contribution in [0.1, 0.15) is 23.7 Å². The van der Waals surface area contributed by atoms with Crippen molar-refractivity contribution in [3.8, 4) is 0 Å². The number of ether oxygens (including phenoxy) is 1. The lowest BCUT2D eigenvalue weighted by atomic mass is 9.76. The van der Waals surface area contributed by atoms with E-state index in [0.29, 0.717) is 24.2 Å². The van der Waals surface area contributed by atoms with E-state index in [1.807, 2.05) is 30.3 Å². The van der Waals surface area contributed by atoms with Gasteiger partial charge in [0.05, 0.1) is 25.4 Å². The largest absolute Gasteiger partial charge is 0.469 e. The molecular weight excluding hydrogens is 322 g/mol. The molecule has 1 heterocycles. The minimum atomic E-state index is -0.901. The first-order valence-electron chi connectivity index (χ1n) is 8.13. The Morgan fingerprint density at radius 2 is 2.04 bits per heavy atom. The van der Waals surface area contributed by atoms with Crippen LogP contribution in [0.25, 0.3) is 0 Å². The number of rotatable bonds is 7. The Hall–Kier alpha value is -2.73. The van der Waals surface area contributed by atoms with Crippen molar-refractivity contribution < 1.29 is 18.9 Å².